The Labute approximate surface area is 109 Å². The molecule has 0 radical (unpaired) electrons. The highest BCUT2D eigenvalue weighted by atomic mass is 16.4. The van der Waals surface area contributed by atoms with Gasteiger partial charge in [0.05, 0.1) is 12.0 Å². The fourth-order valence-corrected chi connectivity index (χ4v) is 1.85. The first-order valence-corrected chi connectivity index (χ1v) is 5.62. The highest BCUT2D eigenvalue weighted by Gasteiger charge is 2.15. The quantitative estimate of drug-likeness (QED) is 0.882. The van der Waals surface area contributed by atoms with Crippen LogP contribution in [0.3, 0.4) is 0 Å². The molecule has 1 heterocycles. The molecule has 1 aromatic heterocycles. The minimum atomic E-state index is -1.14. The van der Waals surface area contributed by atoms with Crippen LogP contribution < -0.4 is 0 Å². The summed E-state index contributed by atoms with van der Waals surface area (Å²) in [7, 11) is 0. The number of aliphatic carboxylic acids is 1. The lowest BCUT2D eigenvalue weighted by Gasteiger charge is -2.06. The SMILES string of the molecule is Cc1ccc(-c2ccc(C(=O)O)c(CC(=O)O)c2)o1. The van der Waals surface area contributed by atoms with E-state index in [0.717, 1.165) is 5.76 Å². The van der Waals surface area contributed by atoms with Gasteiger partial charge in [-0.15, -0.1) is 0 Å². The van der Waals surface area contributed by atoms with Crippen molar-refractivity contribution < 1.29 is 24.2 Å². The Morgan fingerprint density at radius 1 is 1.16 bits per heavy atom. The van der Waals surface area contributed by atoms with E-state index in [9.17, 15) is 9.59 Å². The molecule has 19 heavy (non-hydrogen) atoms. The van der Waals surface area contributed by atoms with Gasteiger partial charge in [-0.1, -0.05) is 6.07 Å². The normalized spacial score (nSPS) is 10.4. The number of hydrogen-bond acceptors (Lipinski definition) is 3. The van der Waals surface area contributed by atoms with Crippen molar-refractivity contribution in [1.29, 1.82) is 0 Å². The fourth-order valence-electron chi connectivity index (χ4n) is 1.85. The number of aromatic carboxylic acids is 1. The molecule has 0 saturated carbocycles. The van der Waals surface area contributed by atoms with Gasteiger partial charge in [0.1, 0.15) is 11.5 Å². The van der Waals surface area contributed by atoms with Crippen LogP contribution in [-0.4, -0.2) is 22.2 Å². The molecule has 0 atom stereocenters. The Bertz CT molecular complexity index is 639. The summed E-state index contributed by atoms with van der Waals surface area (Å²) in [5, 5.41) is 17.9. The van der Waals surface area contributed by atoms with Crippen LogP contribution in [-0.2, 0) is 11.2 Å². The van der Waals surface area contributed by atoms with Crippen LogP contribution in [0.1, 0.15) is 21.7 Å². The minimum Gasteiger partial charge on any atom is -0.481 e. The Kier molecular flexibility index (Phi) is 3.37. The summed E-state index contributed by atoms with van der Waals surface area (Å²) in [5.74, 6) is -0.896. The molecule has 2 rings (SSSR count). The molecule has 0 saturated heterocycles. The van der Waals surface area contributed by atoms with Crippen molar-refractivity contribution in [2.45, 2.75) is 13.3 Å². The lowest BCUT2D eigenvalue weighted by molar-refractivity contribution is -0.136. The zero-order valence-corrected chi connectivity index (χ0v) is 10.2. The average Bonchev–Trinajstić information content (AvgIpc) is 2.74. The molecule has 0 fully saturated rings. The van der Waals surface area contributed by atoms with E-state index in [2.05, 4.69) is 0 Å². The highest BCUT2D eigenvalue weighted by Crippen LogP contribution is 2.25. The smallest absolute Gasteiger partial charge is 0.335 e. The summed E-state index contributed by atoms with van der Waals surface area (Å²) in [4.78, 5) is 21.8. The van der Waals surface area contributed by atoms with Crippen molar-refractivity contribution in [2.24, 2.45) is 0 Å². The molecule has 98 valence electrons. The second kappa shape index (κ2) is 4.97. The molecule has 2 N–H and O–H groups in total. The first-order chi connectivity index (χ1) is 8.97. The number of furan rings is 1. The highest BCUT2D eigenvalue weighted by molar-refractivity contribution is 5.91. The van der Waals surface area contributed by atoms with E-state index in [1.807, 2.05) is 0 Å². The lowest BCUT2D eigenvalue weighted by atomic mass is 10.0. The molecular formula is C14H12O5. The Morgan fingerprint density at radius 2 is 1.89 bits per heavy atom. The molecule has 1 aromatic carbocycles. The van der Waals surface area contributed by atoms with Crippen molar-refractivity contribution >= 4 is 11.9 Å². The Morgan fingerprint density at radius 3 is 2.42 bits per heavy atom. The van der Waals surface area contributed by atoms with E-state index in [0.29, 0.717) is 11.3 Å². The maximum Gasteiger partial charge on any atom is 0.335 e. The molecule has 5 nitrogen and oxygen atoms in total. The maximum absolute atomic E-state index is 11.0. The second-order valence-corrected chi connectivity index (χ2v) is 4.16. The molecule has 0 unspecified atom stereocenters. The van der Waals surface area contributed by atoms with E-state index in [1.165, 1.54) is 12.1 Å². The third-order valence-corrected chi connectivity index (χ3v) is 2.70. The number of aryl methyl sites for hydroxylation is 1. The summed E-state index contributed by atoms with van der Waals surface area (Å²) in [6, 6.07) is 8.09. The number of hydrogen-bond donors (Lipinski definition) is 2. The third-order valence-electron chi connectivity index (χ3n) is 2.70. The predicted octanol–water partition coefficient (Wildman–Crippen LogP) is 2.58. The van der Waals surface area contributed by atoms with Crippen LogP contribution in [0.25, 0.3) is 11.3 Å². The second-order valence-electron chi connectivity index (χ2n) is 4.16. The summed E-state index contributed by atoms with van der Waals surface area (Å²) < 4.78 is 5.44. The summed E-state index contributed by atoms with van der Waals surface area (Å²) in [6.45, 7) is 1.80. The molecule has 0 aliphatic carbocycles. The van der Waals surface area contributed by atoms with E-state index >= 15 is 0 Å². The molecular weight excluding hydrogens is 248 g/mol. The van der Waals surface area contributed by atoms with Gasteiger partial charge in [-0.2, -0.15) is 0 Å². The van der Waals surface area contributed by atoms with Gasteiger partial charge in [0.25, 0.3) is 0 Å². The number of carbonyl (C=O) groups is 2. The Hall–Kier alpha value is -2.56. The standard InChI is InChI=1S/C14H12O5/c1-8-2-5-12(19-8)9-3-4-11(14(17)18)10(6-9)7-13(15)16/h2-6H,7H2,1H3,(H,15,16)(H,17,18). The lowest BCUT2D eigenvalue weighted by Crippen LogP contribution is -2.08. The predicted molar refractivity (Wildman–Crippen MR) is 67.2 cm³/mol. The number of carboxylic acids is 2. The van der Waals surface area contributed by atoms with Crippen molar-refractivity contribution in [3.8, 4) is 11.3 Å². The van der Waals surface area contributed by atoms with Gasteiger partial charge in [0.2, 0.25) is 0 Å². The topological polar surface area (TPSA) is 87.7 Å². The van der Waals surface area contributed by atoms with Crippen LogP contribution in [0.5, 0.6) is 0 Å². The molecule has 0 aliphatic heterocycles. The maximum atomic E-state index is 11.0. The fraction of sp³-hybridized carbons (Fsp3) is 0.143. The first-order valence-electron chi connectivity index (χ1n) is 5.62. The molecule has 0 amide bonds. The monoisotopic (exact) mass is 260 g/mol. The third kappa shape index (κ3) is 2.82. The van der Waals surface area contributed by atoms with Crippen LogP contribution in [0.4, 0.5) is 0 Å². The van der Waals surface area contributed by atoms with Gasteiger partial charge >= 0.3 is 11.9 Å². The molecule has 5 heteroatoms. The van der Waals surface area contributed by atoms with Gasteiger partial charge in [0, 0.05) is 5.56 Å². The molecule has 0 bridgehead atoms. The van der Waals surface area contributed by atoms with Crippen LogP contribution >= 0.6 is 0 Å². The molecule has 0 aliphatic rings. The average molecular weight is 260 g/mol. The summed E-state index contributed by atoms with van der Waals surface area (Å²) in [6.07, 6.45) is -0.338. The van der Waals surface area contributed by atoms with E-state index in [-0.39, 0.29) is 17.5 Å². The zero-order valence-electron chi connectivity index (χ0n) is 10.2. The van der Waals surface area contributed by atoms with Crippen LogP contribution in [0, 0.1) is 6.92 Å². The van der Waals surface area contributed by atoms with Gasteiger partial charge in [-0.3, -0.25) is 4.79 Å². The van der Waals surface area contributed by atoms with Gasteiger partial charge in [-0.25, -0.2) is 4.79 Å². The van der Waals surface area contributed by atoms with Crippen molar-refractivity contribution in [3.05, 3.63) is 47.2 Å². The number of rotatable bonds is 4. The number of carboxylic acid groups (broad SMARTS) is 2. The van der Waals surface area contributed by atoms with E-state index in [1.54, 1.807) is 25.1 Å². The van der Waals surface area contributed by atoms with Crippen LogP contribution in [0.2, 0.25) is 0 Å². The van der Waals surface area contributed by atoms with E-state index < -0.39 is 11.9 Å². The summed E-state index contributed by atoms with van der Waals surface area (Å²) in [5.41, 5.74) is 0.912. The van der Waals surface area contributed by atoms with Gasteiger partial charge < -0.3 is 14.6 Å². The summed E-state index contributed by atoms with van der Waals surface area (Å²) >= 11 is 0. The largest absolute Gasteiger partial charge is 0.481 e. The van der Waals surface area contributed by atoms with Crippen molar-refractivity contribution in [1.82, 2.24) is 0 Å². The number of benzene rings is 1. The Balaban J connectivity index is 2.48. The van der Waals surface area contributed by atoms with Crippen molar-refractivity contribution in [3.63, 3.8) is 0 Å². The van der Waals surface area contributed by atoms with E-state index in [4.69, 9.17) is 14.6 Å². The first kappa shape index (κ1) is 12.9. The zero-order chi connectivity index (χ0) is 14.0. The molecule has 0 spiro atoms. The minimum absolute atomic E-state index is 0.00516. The molecule has 2 aromatic rings. The van der Waals surface area contributed by atoms with Crippen molar-refractivity contribution in [2.75, 3.05) is 0 Å². The van der Waals surface area contributed by atoms with Gasteiger partial charge in [0.15, 0.2) is 0 Å². The van der Waals surface area contributed by atoms with Gasteiger partial charge in [-0.05, 0) is 36.8 Å². The van der Waals surface area contributed by atoms with Crippen LogP contribution in [0.15, 0.2) is 34.7 Å².